The van der Waals surface area contributed by atoms with Gasteiger partial charge < -0.3 is 15.1 Å². The van der Waals surface area contributed by atoms with Gasteiger partial charge in [0, 0.05) is 26.2 Å². The van der Waals surface area contributed by atoms with Crippen LogP contribution in [0, 0.1) is 6.92 Å². The van der Waals surface area contributed by atoms with E-state index >= 15 is 0 Å². The summed E-state index contributed by atoms with van der Waals surface area (Å²) in [7, 11) is 0. The number of carbonyl (C=O) groups excluding carboxylic acids is 1. The highest BCUT2D eigenvalue weighted by molar-refractivity contribution is 7.80. The molecule has 0 aromatic carbocycles. The maximum atomic E-state index is 12.3. The molecule has 6 heteroatoms. The summed E-state index contributed by atoms with van der Waals surface area (Å²) in [6, 6.07) is 1.81. The summed E-state index contributed by atoms with van der Waals surface area (Å²) in [5, 5.41) is 0. The van der Waals surface area contributed by atoms with Crippen molar-refractivity contribution in [2.75, 3.05) is 26.2 Å². The Kier molecular flexibility index (Phi) is 4.21. The van der Waals surface area contributed by atoms with Gasteiger partial charge in [-0.05, 0) is 19.9 Å². The number of nitrogens with zero attached hydrogens (tertiary/aromatic N) is 2. The van der Waals surface area contributed by atoms with E-state index in [1.807, 2.05) is 11.8 Å². The minimum Gasteiger partial charge on any atom is -0.469 e. The van der Waals surface area contributed by atoms with Crippen LogP contribution in [-0.2, 0) is 0 Å². The van der Waals surface area contributed by atoms with Crippen LogP contribution < -0.4 is 5.73 Å². The second kappa shape index (κ2) is 5.71. The summed E-state index contributed by atoms with van der Waals surface area (Å²) in [6.07, 6.45) is 1.55. The molecule has 1 aliphatic heterocycles. The fourth-order valence-corrected chi connectivity index (χ4v) is 2.42. The van der Waals surface area contributed by atoms with Gasteiger partial charge in [0.15, 0.2) is 0 Å². The van der Waals surface area contributed by atoms with E-state index < -0.39 is 0 Å². The Morgan fingerprint density at radius 1 is 1.42 bits per heavy atom. The fraction of sp³-hybridized carbons (Fsp3) is 0.538. The summed E-state index contributed by atoms with van der Waals surface area (Å²) in [5.41, 5.74) is 6.30. The molecule has 2 rings (SSSR count). The highest BCUT2D eigenvalue weighted by Crippen LogP contribution is 2.14. The molecule has 0 saturated carbocycles. The topological polar surface area (TPSA) is 62.7 Å². The maximum Gasteiger partial charge on any atom is 0.257 e. The first-order valence-electron chi connectivity index (χ1n) is 6.37. The van der Waals surface area contributed by atoms with E-state index in [0.29, 0.717) is 29.4 Å². The van der Waals surface area contributed by atoms with Crippen LogP contribution in [0.1, 0.15) is 23.0 Å². The van der Waals surface area contributed by atoms with E-state index in [1.165, 1.54) is 0 Å². The van der Waals surface area contributed by atoms with Crippen LogP contribution in [0.15, 0.2) is 16.7 Å². The van der Waals surface area contributed by atoms with Gasteiger partial charge in [-0.3, -0.25) is 9.69 Å². The third-order valence-electron chi connectivity index (χ3n) is 3.65. The molecular formula is C13H19N3O2S. The van der Waals surface area contributed by atoms with Gasteiger partial charge in [-0.2, -0.15) is 0 Å². The van der Waals surface area contributed by atoms with Crippen molar-refractivity contribution >= 4 is 23.1 Å². The van der Waals surface area contributed by atoms with Gasteiger partial charge in [-0.15, -0.1) is 0 Å². The quantitative estimate of drug-likeness (QED) is 0.838. The molecule has 2 heterocycles. The normalized spacial score (nSPS) is 18.3. The monoisotopic (exact) mass is 281 g/mol. The molecule has 1 unspecified atom stereocenters. The summed E-state index contributed by atoms with van der Waals surface area (Å²) < 4.78 is 5.18. The Hall–Kier alpha value is -1.40. The molecule has 104 valence electrons. The average molecular weight is 281 g/mol. The fourth-order valence-electron chi connectivity index (χ4n) is 2.27. The number of amides is 1. The van der Waals surface area contributed by atoms with Crippen molar-refractivity contribution in [1.82, 2.24) is 9.80 Å². The lowest BCUT2D eigenvalue weighted by Gasteiger charge is -2.37. The highest BCUT2D eigenvalue weighted by Gasteiger charge is 2.26. The highest BCUT2D eigenvalue weighted by atomic mass is 32.1. The van der Waals surface area contributed by atoms with E-state index in [0.717, 1.165) is 13.1 Å². The van der Waals surface area contributed by atoms with Crippen molar-refractivity contribution < 1.29 is 9.21 Å². The van der Waals surface area contributed by atoms with Crippen molar-refractivity contribution in [3.63, 3.8) is 0 Å². The second-order valence-electron chi connectivity index (χ2n) is 4.80. The predicted octanol–water partition coefficient (Wildman–Crippen LogP) is 1.02. The van der Waals surface area contributed by atoms with E-state index in [2.05, 4.69) is 4.90 Å². The van der Waals surface area contributed by atoms with Gasteiger partial charge >= 0.3 is 0 Å². The number of hydrogen-bond donors (Lipinski definition) is 1. The van der Waals surface area contributed by atoms with Crippen LogP contribution in [0.2, 0.25) is 0 Å². The van der Waals surface area contributed by atoms with Crippen molar-refractivity contribution in [3.05, 3.63) is 23.7 Å². The summed E-state index contributed by atoms with van der Waals surface area (Å²) in [6.45, 7) is 6.77. The van der Waals surface area contributed by atoms with Crippen molar-refractivity contribution in [2.24, 2.45) is 5.73 Å². The largest absolute Gasteiger partial charge is 0.469 e. The minimum absolute atomic E-state index is 0.0360. The molecule has 0 bridgehead atoms. The van der Waals surface area contributed by atoms with Crippen LogP contribution in [0.25, 0.3) is 0 Å². The number of piperazine rings is 1. The van der Waals surface area contributed by atoms with E-state index in [9.17, 15) is 4.79 Å². The molecule has 5 nitrogen and oxygen atoms in total. The standard InChI is InChI=1S/C13H19N3O2S/c1-9(12(14)19)15-4-6-16(7-5-15)13(17)11-3-8-18-10(11)2/h3,8-9H,4-7H2,1-2H3,(H2,14,19). The number of hydrogen-bond acceptors (Lipinski definition) is 4. The van der Waals surface area contributed by atoms with Crippen molar-refractivity contribution in [2.45, 2.75) is 19.9 Å². The van der Waals surface area contributed by atoms with E-state index in [4.69, 9.17) is 22.4 Å². The molecule has 1 saturated heterocycles. The molecule has 1 fully saturated rings. The molecule has 1 amide bonds. The average Bonchev–Trinajstić information content (AvgIpc) is 2.83. The first-order valence-corrected chi connectivity index (χ1v) is 6.78. The second-order valence-corrected chi connectivity index (χ2v) is 5.27. The SMILES string of the molecule is Cc1occc1C(=O)N1CCN(C(C)C(N)=S)CC1. The predicted molar refractivity (Wildman–Crippen MR) is 77.2 cm³/mol. The van der Waals surface area contributed by atoms with E-state index in [1.54, 1.807) is 19.3 Å². The van der Waals surface area contributed by atoms with Gasteiger partial charge in [-0.1, -0.05) is 12.2 Å². The molecule has 1 aromatic rings. The summed E-state index contributed by atoms with van der Waals surface area (Å²) in [4.78, 5) is 16.8. The number of furan rings is 1. The van der Waals surface area contributed by atoms with Gasteiger partial charge in [0.05, 0.1) is 22.9 Å². The van der Waals surface area contributed by atoms with Gasteiger partial charge in [-0.25, -0.2) is 0 Å². The van der Waals surface area contributed by atoms with Gasteiger partial charge in [0.25, 0.3) is 5.91 Å². The lowest BCUT2D eigenvalue weighted by Crippen LogP contribution is -2.53. The molecule has 1 aliphatic rings. The lowest BCUT2D eigenvalue weighted by atomic mass is 10.2. The van der Waals surface area contributed by atoms with Gasteiger partial charge in [0.2, 0.25) is 0 Å². The number of rotatable bonds is 3. The number of carbonyl (C=O) groups is 1. The first kappa shape index (κ1) is 14.0. The molecule has 1 atom stereocenters. The van der Waals surface area contributed by atoms with Crippen molar-refractivity contribution in [3.8, 4) is 0 Å². The van der Waals surface area contributed by atoms with Gasteiger partial charge in [0.1, 0.15) is 5.76 Å². The third-order valence-corrected chi connectivity index (χ3v) is 3.99. The number of thiocarbonyl (C=S) groups is 1. The smallest absolute Gasteiger partial charge is 0.257 e. The lowest BCUT2D eigenvalue weighted by molar-refractivity contribution is 0.0620. The van der Waals surface area contributed by atoms with Crippen LogP contribution in [-0.4, -0.2) is 52.9 Å². The minimum atomic E-state index is 0.0360. The third kappa shape index (κ3) is 2.96. The zero-order valence-corrected chi connectivity index (χ0v) is 12.1. The summed E-state index contributed by atoms with van der Waals surface area (Å²) in [5.74, 6) is 0.706. The number of nitrogens with two attached hydrogens (primary N) is 1. The molecule has 0 radical (unpaired) electrons. The maximum absolute atomic E-state index is 12.3. The Morgan fingerprint density at radius 3 is 2.53 bits per heavy atom. The Bertz CT molecular complexity index is 478. The first-order chi connectivity index (χ1) is 9.00. The molecular weight excluding hydrogens is 262 g/mol. The Morgan fingerprint density at radius 2 is 2.05 bits per heavy atom. The molecule has 0 spiro atoms. The molecule has 19 heavy (non-hydrogen) atoms. The van der Waals surface area contributed by atoms with Crippen LogP contribution in [0.4, 0.5) is 0 Å². The van der Waals surface area contributed by atoms with E-state index in [-0.39, 0.29) is 11.9 Å². The summed E-state index contributed by atoms with van der Waals surface area (Å²) >= 11 is 5.01. The molecule has 2 N–H and O–H groups in total. The Labute approximate surface area is 118 Å². The zero-order chi connectivity index (χ0) is 14.0. The van der Waals surface area contributed by atoms with Crippen molar-refractivity contribution in [1.29, 1.82) is 0 Å². The zero-order valence-electron chi connectivity index (χ0n) is 11.3. The van der Waals surface area contributed by atoms with Crippen LogP contribution in [0.5, 0.6) is 0 Å². The molecule has 1 aromatic heterocycles. The van der Waals surface area contributed by atoms with Crippen LogP contribution in [0.3, 0.4) is 0 Å². The molecule has 0 aliphatic carbocycles. The number of aryl methyl sites for hydroxylation is 1. The Balaban J connectivity index is 1.95. The van der Waals surface area contributed by atoms with Crippen LogP contribution >= 0.6 is 12.2 Å².